The number of unbranched alkanes of at least 4 members (excludes halogenated alkanes) is 2. The van der Waals surface area contributed by atoms with E-state index in [1.807, 2.05) is 13.8 Å². The SMILES string of the molecule is CCCCS(=O)(=O)CCCC.F. The molecule has 0 aliphatic heterocycles. The molecule has 0 fully saturated rings. The molecule has 0 N–H and O–H groups in total. The van der Waals surface area contributed by atoms with E-state index in [4.69, 9.17) is 0 Å². The van der Waals surface area contributed by atoms with Gasteiger partial charge < -0.3 is 0 Å². The van der Waals surface area contributed by atoms with E-state index in [0.717, 1.165) is 25.7 Å². The molecule has 0 atom stereocenters. The Morgan fingerprint density at radius 3 is 1.50 bits per heavy atom. The Kier molecular flexibility index (Phi) is 9.03. The van der Waals surface area contributed by atoms with Crippen LogP contribution in [0.3, 0.4) is 0 Å². The molecule has 0 aromatic heterocycles. The summed E-state index contributed by atoms with van der Waals surface area (Å²) >= 11 is 0. The molecule has 0 unspecified atom stereocenters. The minimum atomic E-state index is -2.71. The molecule has 0 saturated heterocycles. The first-order chi connectivity index (χ1) is 5.12. The quantitative estimate of drug-likeness (QED) is 0.655. The van der Waals surface area contributed by atoms with Crippen LogP contribution < -0.4 is 0 Å². The summed E-state index contributed by atoms with van der Waals surface area (Å²) < 4.78 is 22.3. The predicted octanol–water partition coefficient (Wildman–Crippen LogP) is 2.15. The van der Waals surface area contributed by atoms with Crippen LogP contribution in [-0.2, 0) is 9.84 Å². The third-order valence-electron chi connectivity index (χ3n) is 1.62. The molecule has 0 spiro atoms. The van der Waals surface area contributed by atoms with Crippen LogP contribution in [0.2, 0.25) is 0 Å². The van der Waals surface area contributed by atoms with Crippen molar-refractivity contribution in [2.75, 3.05) is 11.5 Å². The van der Waals surface area contributed by atoms with E-state index < -0.39 is 9.84 Å². The molecule has 0 saturated carbocycles. The van der Waals surface area contributed by atoms with Gasteiger partial charge in [-0.2, -0.15) is 0 Å². The maximum Gasteiger partial charge on any atom is 0.150 e. The Hall–Kier alpha value is -0.120. The van der Waals surface area contributed by atoms with Crippen LogP contribution in [0.25, 0.3) is 0 Å². The van der Waals surface area contributed by atoms with Gasteiger partial charge in [-0.15, -0.1) is 0 Å². The van der Waals surface area contributed by atoms with E-state index in [2.05, 4.69) is 0 Å². The minimum absolute atomic E-state index is 0. The summed E-state index contributed by atoms with van der Waals surface area (Å²) in [6.45, 7) is 4.02. The molecule has 0 aliphatic rings. The smallest absolute Gasteiger partial charge is 0.150 e. The van der Waals surface area contributed by atoms with Crippen molar-refractivity contribution in [3.8, 4) is 0 Å². The fourth-order valence-electron chi connectivity index (χ4n) is 0.831. The summed E-state index contributed by atoms with van der Waals surface area (Å²) in [5.41, 5.74) is 0. The molecule has 0 aliphatic carbocycles. The van der Waals surface area contributed by atoms with Crippen LogP contribution in [0.4, 0.5) is 4.70 Å². The van der Waals surface area contributed by atoms with E-state index >= 15 is 0 Å². The Labute approximate surface area is 74.6 Å². The Bertz CT molecular complexity index is 161. The Morgan fingerprint density at radius 2 is 1.25 bits per heavy atom. The molecule has 0 rings (SSSR count). The zero-order chi connectivity index (χ0) is 8.74. The van der Waals surface area contributed by atoms with E-state index in [1.165, 1.54) is 0 Å². The third kappa shape index (κ3) is 7.98. The summed E-state index contributed by atoms with van der Waals surface area (Å²) in [7, 11) is -2.71. The summed E-state index contributed by atoms with van der Waals surface area (Å²) in [5.74, 6) is 0.757. The van der Waals surface area contributed by atoms with Crippen molar-refractivity contribution in [1.29, 1.82) is 0 Å². The molecular weight excluding hydrogens is 179 g/mol. The first kappa shape index (κ1) is 14.4. The van der Waals surface area contributed by atoms with Gasteiger partial charge in [-0.3, -0.25) is 4.70 Å². The van der Waals surface area contributed by atoms with Crippen LogP contribution in [-0.4, -0.2) is 19.9 Å². The molecule has 0 aromatic carbocycles. The van der Waals surface area contributed by atoms with Crippen LogP contribution >= 0.6 is 0 Å². The predicted molar refractivity (Wildman–Crippen MR) is 51.0 cm³/mol. The molecule has 12 heavy (non-hydrogen) atoms. The van der Waals surface area contributed by atoms with Gasteiger partial charge in [0.2, 0.25) is 0 Å². The van der Waals surface area contributed by atoms with Crippen molar-refractivity contribution in [3.05, 3.63) is 0 Å². The fourth-order valence-corrected chi connectivity index (χ4v) is 2.49. The van der Waals surface area contributed by atoms with Gasteiger partial charge >= 0.3 is 0 Å². The van der Waals surface area contributed by atoms with Gasteiger partial charge in [0.25, 0.3) is 0 Å². The van der Waals surface area contributed by atoms with Crippen molar-refractivity contribution in [3.63, 3.8) is 0 Å². The van der Waals surface area contributed by atoms with Crippen molar-refractivity contribution in [2.45, 2.75) is 39.5 Å². The lowest BCUT2D eigenvalue weighted by Gasteiger charge is -2.00. The average Bonchev–Trinajstić information content (AvgIpc) is 1.97. The molecule has 76 valence electrons. The van der Waals surface area contributed by atoms with E-state index in [1.54, 1.807) is 0 Å². The second-order valence-corrected chi connectivity index (χ2v) is 5.16. The topological polar surface area (TPSA) is 34.1 Å². The van der Waals surface area contributed by atoms with Crippen molar-refractivity contribution < 1.29 is 13.1 Å². The number of sulfone groups is 1. The van der Waals surface area contributed by atoms with E-state index in [-0.39, 0.29) is 4.70 Å². The fraction of sp³-hybridized carbons (Fsp3) is 1.00. The molecule has 0 radical (unpaired) electrons. The van der Waals surface area contributed by atoms with Crippen LogP contribution in [0.5, 0.6) is 0 Å². The standard InChI is InChI=1S/C8H18O2S.FH/c1-3-5-7-11(9,10)8-6-4-2;/h3-8H2,1-2H3;1H. The first-order valence-electron chi connectivity index (χ1n) is 4.32. The number of hydrogen-bond donors (Lipinski definition) is 0. The van der Waals surface area contributed by atoms with Gasteiger partial charge in [-0.05, 0) is 12.8 Å². The average molecular weight is 198 g/mol. The highest BCUT2D eigenvalue weighted by Gasteiger charge is 2.07. The lowest BCUT2D eigenvalue weighted by Crippen LogP contribution is -2.10. The van der Waals surface area contributed by atoms with Gasteiger partial charge in [0.1, 0.15) is 9.84 Å². The Morgan fingerprint density at radius 1 is 0.917 bits per heavy atom. The molecular formula is C8H19FO2S. The molecule has 0 heterocycles. The van der Waals surface area contributed by atoms with Crippen molar-refractivity contribution in [2.24, 2.45) is 0 Å². The van der Waals surface area contributed by atoms with Crippen LogP contribution in [0.15, 0.2) is 0 Å². The second-order valence-electron chi connectivity index (χ2n) is 2.86. The maximum atomic E-state index is 11.1. The van der Waals surface area contributed by atoms with Crippen molar-refractivity contribution in [1.82, 2.24) is 0 Å². The number of rotatable bonds is 6. The minimum Gasteiger partial charge on any atom is -0.269 e. The molecule has 2 nitrogen and oxygen atoms in total. The molecule has 0 bridgehead atoms. The van der Waals surface area contributed by atoms with Crippen LogP contribution in [0.1, 0.15) is 39.5 Å². The van der Waals surface area contributed by atoms with Gasteiger partial charge in [0.05, 0.1) is 11.5 Å². The lowest BCUT2D eigenvalue weighted by atomic mass is 10.4. The molecule has 0 aromatic rings. The summed E-state index contributed by atoms with van der Waals surface area (Å²) in [4.78, 5) is 0. The maximum absolute atomic E-state index is 11.1. The lowest BCUT2D eigenvalue weighted by molar-refractivity contribution is 0.589. The molecule has 0 amide bonds. The van der Waals surface area contributed by atoms with E-state index in [9.17, 15) is 8.42 Å². The van der Waals surface area contributed by atoms with Crippen LogP contribution in [0, 0.1) is 0 Å². The summed E-state index contributed by atoms with van der Waals surface area (Å²) in [6, 6.07) is 0. The van der Waals surface area contributed by atoms with Crippen molar-refractivity contribution >= 4 is 9.84 Å². The van der Waals surface area contributed by atoms with E-state index in [0.29, 0.717) is 11.5 Å². The highest BCUT2D eigenvalue weighted by atomic mass is 32.2. The van der Waals surface area contributed by atoms with Gasteiger partial charge in [0, 0.05) is 0 Å². The highest BCUT2D eigenvalue weighted by Crippen LogP contribution is 2.00. The number of hydrogen-bond acceptors (Lipinski definition) is 2. The summed E-state index contributed by atoms with van der Waals surface area (Å²) in [6.07, 6.45) is 3.55. The largest absolute Gasteiger partial charge is 0.269 e. The number of halogens is 1. The summed E-state index contributed by atoms with van der Waals surface area (Å²) in [5, 5.41) is 0. The van der Waals surface area contributed by atoms with Gasteiger partial charge in [0.15, 0.2) is 0 Å². The zero-order valence-corrected chi connectivity index (χ0v) is 8.69. The third-order valence-corrected chi connectivity index (χ3v) is 3.44. The first-order valence-corrected chi connectivity index (χ1v) is 6.15. The monoisotopic (exact) mass is 198 g/mol. The molecule has 4 heteroatoms. The highest BCUT2D eigenvalue weighted by molar-refractivity contribution is 7.91. The normalized spacial score (nSPS) is 10.8. The van der Waals surface area contributed by atoms with Gasteiger partial charge in [-0.1, -0.05) is 26.7 Å². The zero-order valence-electron chi connectivity index (χ0n) is 7.88. The second kappa shape index (κ2) is 7.53. The van der Waals surface area contributed by atoms with Gasteiger partial charge in [-0.25, -0.2) is 8.42 Å². The Balaban J connectivity index is 0.